The highest BCUT2D eigenvalue weighted by molar-refractivity contribution is 7.97. The minimum Gasteiger partial charge on any atom is -0.495 e. The number of likely N-dealkylation sites (N-methyl/N-ethyl adjacent to an activating group) is 1. The molecule has 0 radical (unpaired) electrons. The number of methoxy groups -OCH3 is 1. The fourth-order valence-corrected chi connectivity index (χ4v) is 4.54. The molecule has 0 amide bonds. The van der Waals surface area contributed by atoms with E-state index in [4.69, 9.17) is 4.74 Å². The average molecular weight is 408 g/mol. The summed E-state index contributed by atoms with van der Waals surface area (Å²) in [5.74, 6) is 0.953. The third kappa shape index (κ3) is 4.86. The molecule has 0 aliphatic carbocycles. The molecule has 1 saturated heterocycles. The highest BCUT2D eigenvalue weighted by atomic mass is 32.2. The maximum Gasteiger partial charge on any atom is 0.142 e. The fraction of sp³-hybridized carbons (Fsp3) is 0.333. The van der Waals surface area contributed by atoms with Gasteiger partial charge in [-0.05, 0) is 60.0 Å². The van der Waals surface area contributed by atoms with E-state index in [0.29, 0.717) is 0 Å². The second-order valence-electron chi connectivity index (χ2n) is 7.51. The Morgan fingerprint density at radius 3 is 2.59 bits per heavy atom. The predicted octanol–water partition coefficient (Wildman–Crippen LogP) is 4.44. The van der Waals surface area contributed by atoms with Gasteiger partial charge in [-0.3, -0.25) is 4.72 Å². The first-order valence-corrected chi connectivity index (χ1v) is 11.0. The number of ether oxygens (including phenoxy) is 1. The van der Waals surface area contributed by atoms with Crippen molar-refractivity contribution in [3.63, 3.8) is 0 Å². The second kappa shape index (κ2) is 9.53. The van der Waals surface area contributed by atoms with Crippen LogP contribution in [0.1, 0.15) is 5.56 Å². The molecule has 1 aliphatic rings. The van der Waals surface area contributed by atoms with Crippen molar-refractivity contribution >= 4 is 28.4 Å². The molecular formula is C24H29N3OS. The molecule has 1 aliphatic heterocycles. The minimum absolute atomic E-state index is 0.925. The lowest BCUT2D eigenvalue weighted by atomic mass is 10.0. The van der Waals surface area contributed by atoms with E-state index < -0.39 is 0 Å². The third-order valence-electron chi connectivity index (χ3n) is 5.56. The quantitative estimate of drug-likeness (QED) is 0.462. The molecule has 1 heterocycles. The topological polar surface area (TPSA) is 27.7 Å². The lowest BCUT2D eigenvalue weighted by molar-refractivity contribution is 0.311. The summed E-state index contributed by atoms with van der Waals surface area (Å²) >= 11 is 1.70. The molecule has 0 spiro atoms. The van der Waals surface area contributed by atoms with Crippen molar-refractivity contribution in [2.45, 2.75) is 11.3 Å². The molecule has 0 atom stereocenters. The standard InChI is InChI=1S/C24H29N3OS/c1-26-14-16-27(17-15-26)23-18-21(10-11-24(23)28-2)29-25-13-12-20-8-5-7-19-6-3-4-9-22(19)20/h3-11,18,25H,12-17H2,1-2H3. The van der Waals surface area contributed by atoms with E-state index in [1.54, 1.807) is 19.1 Å². The van der Waals surface area contributed by atoms with Crippen molar-refractivity contribution in [1.29, 1.82) is 0 Å². The average Bonchev–Trinajstić information content (AvgIpc) is 2.77. The molecule has 4 rings (SSSR count). The van der Waals surface area contributed by atoms with E-state index in [-0.39, 0.29) is 0 Å². The summed E-state index contributed by atoms with van der Waals surface area (Å²) < 4.78 is 9.16. The molecule has 0 unspecified atom stereocenters. The number of anilines is 1. The largest absolute Gasteiger partial charge is 0.495 e. The van der Waals surface area contributed by atoms with Gasteiger partial charge in [0.25, 0.3) is 0 Å². The maximum atomic E-state index is 5.62. The summed E-state index contributed by atoms with van der Waals surface area (Å²) in [7, 11) is 3.94. The van der Waals surface area contributed by atoms with Crippen LogP contribution in [0.2, 0.25) is 0 Å². The molecule has 1 fully saturated rings. The van der Waals surface area contributed by atoms with Crippen LogP contribution in [0.4, 0.5) is 5.69 Å². The van der Waals surface area contributed by atoms with Crippen molar-refractivity contribution < 1.29 is 4.74 Å². The van der Waals surface area contributed by atoms with Gasteiger partial charge in [0.2, 0.25) is 0 Å². The zero-order valence-electron chi connectivity index (χ0n) is 17.2. The van der Waals surface area contributed by atoms with Crippen LogP contribution in [0, 0.1) is 0 Å². The lowest BCUT2D eigenvalue weighted by Gasteiger charge is -2.34. The summed E-state index contributed by atoms with van der Waals surface area (Å²) in [5, 5.41) is 2.66. The molecule has 3 aromatic carbocycles. The number of fused-ring (bicyclic) bond motifs is 1. The number of hydrogen-bond acceptors (Lipinski definition) is 5. The van der Waals surface area contributed by atoms with Gasteiger partial charge in [0.05, 0.1) is 12.8 Å². The van der Waals surface area contributed by atoms with Gasteiger partial charge in [0.15, 0.2) is 0 Å². The molecule has 5 heteroatoms. The van der Waals surface area contributed by atoms with E-state index in [9.17, 15) is 0 Å². The lowest BCUT2D eigenvalue weighted by Crippen LogP contribution is -2.44. The zero-order chi connectivity index (χ0) is 20.1. The van der Waals surface area contributed by atoms with Crippen LogP contribution in [-0.2, 0) is 6.42 Å². The van der Waals surface area contributed by atoms with Gasteiger partial charge in [-0.2, -0.15) is 0 Å². The molecule has 0 saturated carbocycles. The Morgan fingerprint density at radius 1 is 0.966 bits per heavy atom. The van der Waals surface area contributed by atoms with Gasteiger partial charge >= 0.3 is 0 Å². The van der Waals surface area contributed by atoms with Crippen molar-refractivity contribution in [2.24, 2.45) is 0 Å². The summed E-state index contributed by atoms with van der Waals surface area (Å²) in [6, 6.07) is 21.6. The summed E-state index contributed by atoms with van der Waals surface area (Å²) in [6.07, 6.45) is 1.01. The Kier molecular flexibility index (Phi) is 6.60. The minimum atomic E-state index is 0.925. The molecule has 152 valence electrons. The number of rotatable bonds is 7. The van der Waals surface area contributed by atoms with Crippen LogP contribution in [0.25, 0.3) is 10.8 Å². The molecule has 3 aromatic rings. The van der Waals surface area contributed by atoms with Crippen LogP contribution >= 0.6 is 11.9 Å². The van der Waals surface area contributed by atoms with Gasteiger partial charge in [-0.1, -0.05) is 42.5 Å². The summed E-state index contributed by atoms with van der Waals surface area (Å²) in [4.78, 5) is 6.02. The number of piperazine rings is 1. The molecule has 1 N–H and O–H groups in total. The van der Waals surface area contributed by atoms with Crippen LogP contribution in [-0.4, -0.2) is 51.8 Å². The van der Waals surface area contributed by atoms with E-state index in [1.807, 2.05) is 0 Å². The van der Waals surface area contributed by atoms with Crippen molar-refractivity contribution in [3.8, 4) is 5.75 Å². The Hall–Kier alpha value is -2.21. The normalized spacial score (nSPS) is 15.0. The van der Waals surface area contributed by atoms with Gasteiger partial charge in [-0.25, -0.2) is 0 Å². The number of benzene rings is 3. The summed E-state index contributed by atoms with van der Waals surface area (Å²) in [6.45, 7) is 5.17. The van der Waals surface area contributed by atoms with Crippen molar-refractivity contribution in [2.75, 3.05) is 51.8 Å². The molecule has 0 bridgehead atoms. The van der Waals surface area contributed by atoms with E-state index in [0.717, 1.165) is 44.9 Å². The molecular weight excluding hydrogens is 378 g/mol. The van der Waals surface area contributed by atoms with Gasteiger partial charge in [0, 0.05) is 37.6 Å². The first-order chi connectivity index (χ1) is 14.2. The summed E-state index contributed by atoms with van der Waals surface area (Å²) in [5.41, 5.74) is 2.59. The highest BCUT2D eigenvalue weighted by Crippen LogP contribution is 2.33. The van der Waals surface area contributed by atoms with E-state index in [2.05, 4.69) is 82.2 Å². The van der Waals surface area contributed by atoms with Crippen LogP contribution < -0.4 is 14.4 Å². The maximum absolute atomic E-state index is 5.62. The fourth-order valence-electron chi connectivity index (χ4n) is 3.86. The van der Waals surface area contributed by atoms with Crippen LogP contribution in [0.15, 0.2) is 65.6 Å². The van der Waals surface area contributed by atoms with Crippen molar-refractivity contribution in [3.05, 3.63) is 66.2 Å². The van der Waals surface area contributed by atoms with E-state index in [1.165, 1.54) is 26.9 Å². The SMILES string of the molecule is COc1ccc(SNCCc2cccc3ccccc23)cc1N1CCN(C)CC1. The number of nitrogens with one attached hydrogen (secondary N) is 1. The molecule has 29 heavy (non-hydrogen) atoms. The molecule has 4 nitrogen and oxygen atoms in total. The highest BCUT2D eigenvalue weighted by Gasteiger charge is 2.18. The monoisotopic (exact) mass is 407 g/mol. The smallest absolute Gasteiger partial charge is 0.142 e. The van der Waals surface area contributed by atoms with E-state index >= 15 is 0 Å². The van der Waals surface area contributed by atoms with Crippen LogP contribution in [0.5, 0.6) is 5.75 Å². The first-order valence-electron chi connectivity index (χ1n) is 10.2. The van der Waals surface area contributed by atoms with Gasteiger partial charge in [-0.15, -0.1) is 0 Å². The Labute approximate surface area is 178 Å². The predicted molar refractivity (Wildman–Crippen MR) is 124 cm³/mol. The van der Waals surface area contributed by atoms with Gasteiger partial charge in [0.1, 0.15) is 5.75 Å². The molecule has 0 aromatic heterocycles. The Morgan fingerprint density at radius 2 is 1.76 bits per heavy atom. The second-order valence-corrected chi connectivity index (χ2v) is 8.47. The Bertz CT molecular complexity index is 949. The number of nitrogens with zero attached hydrogens (tertiary/aromatic N) is 2. The zero-order valence-corrected chi connectivity index (χ0v) is 18.0. The van der Waals surface area contributed by atoms with Gasteiger partial charge < -0.3 is 14.5 Å². The number of hydrogen-bond donors (Lipinski definition) is 1. The third-order valence-corrected chi connectivity index (χ3v) is 6.40. The van der Waals surface area contributed by atoms with Crippen LogP contribution in [0.3, 0.4) is 0 Å². The Balaban J connectivity index is 1.37. The van der Waals surface area contributed by atoms with Crippen molar-refractivity contribution in [1.82, 2.24) is 9.62 Å². The first kappa shape index (κ1) is 20.1.